The van der Waals surface area contributed by atoms with Gasteiger partial charge in [0, 0.05) is 18.7 Å². The molecular formula is C25H23F3N4O2. The summed E-state index contributed by atoms with van der Waals surface area (Å²) in [6.45, 7) is 3.19. The van der Waals surface area contributed by atoms with Gasteiger partial charge < -0.3 is 10.1 Å². The number of alkyl halides is 3. The first-order chi connectivity index (χ1) is 16.1. The molecule has 0 radical (unpaired) electrons. The second kappa shape index (κ2) is 9.17. The maximum Gasteiger partial charge on any atom is 0.417 e. The molecule has 9 heteroatoms. The fourth-order valence-electron chi connectivity index (χ4n) is 3.76. The van der Waals surface area contributed by atoms with Crippen molar-refractivity contribution in [3.05, 3.63) is 77.4 Å². The van der Waals surface area contributed by atoms with Gasteiger partial charge in [-0.2, -0.15) is 23.3 Å². The minimum atomic E-state index is -4.68. The van der Waals surface area contributed by atoms with E-state index in [0.29, 0.717) is 5.56 Å². The molecule has 0 spiro atoms. The van der Waals surface area contributed by atoms with Gasteiger partial charge in [0.25, 0.3) is 5.91 Å². The van der Waals surface area contributed by atoms with Crippen molar-refractivity contribution >= 4 is 16.9 Å². The zero-order chi connectivity index (χ0) is 24.5. The van der Waals surface area contributed by atoms with E-state index >= 15 is 0 Å². The number of carbonyl (C=O) groups is 1. The molecule has 176 valence electrons. The second-order valence-corrected chi connectivity index (χ2v) is 8.03. The van der Waals surface area contributed by atoms with Gasteiger partial charge in [0.1, 0.15) is 5.69 Å². The topological polar surface area (TPSA) is 69.0 Å². The summed E-state index contributed by atoms with van der Waals surface area (Å²) in [4.78, 5) is 16.6. The number of aryl methyl sites for hydroxylation is 2. The van der Waals surface area contributed by atoms with Crippen molar-refractivity contribution in [2.24, 2.45) is 7.05 Å². The van der Waals surface area contributed by atoms with Gasteiger partial charge >= 0.3 is 6.18 Å². The summed E-state index contributed by atoms with van der Waals surface area (Å²) in [6.07, 6.45) is -4.68. The van der Waals surface area contributed by atoms with Crippen LogP contribution in [0.25, 0.3) is 22.3 Å². The molecule has 2 heterocycles. The van der Waals surface area contributed by atoms with Crippen molar-refractivity contribution in [3.63, 3.8) is 0 Å². The highest BCUT2D eigenvalue weighted by Crippen LogP contribution is 2.40. The third-order valence-electron chi connectivity index (χ3n) is 5.40. The zero-order valence-electron chi connectivity index (χ0n) is 18.8. The quantitative estimate of drug-likeness (QED) is 0.421. The Morgan fingerprint density at radius 2 is 1.85 bits per heavy atom. The van der Waals surface area contributed by atoms with Gasteiger partial charge in [-0.15, -0.1) is 0 Å². The molecule has 4 rings (SSSR count). The standard InChI is InChI=1S/C25H23F3N4O2/c1-15-8-7-11-18(12-15)23-22-19(25(26,27)28)13-21(30-24(22)32(3)31-23)34-14-20(33)29-16(2)17-9-5-4-6-10-17/h4-13,16H,14H2,1-3H3,(H,29,33)/t16-/m0/s1. The van der Waals surface area contributed by atoms with Crippen LogP contribution in [0.2, 0.25) is 0 Å². The van der Waals surface area contributed by atoms with Crippen LogP contribution in [0, 0.1) is 6.92 Å². The number of rotatable bonds is 6. The average Bonchev–Trinajstić information content (AvgIpc) is 3.13. The van der Waals surface area contributed by atoms with E-state index in [9.17, 15) is 18.0 Å². The van der Waals surface area contributed by atoms with Crippen molar-refractivity contribution in [2.75, 3.05) is 6.61 Å². The highest BCUT2D eigenvalue weighted by molar-refractivity contribution is 5.94. The van der Waals surface area contributed by atoms with Crippen LogP contribution in [-0.4, -0.2) is 27.3 Å². The van der Waals surface area contributed by atoms with Crippen LogP contribution in [0.4, 0.5) is 13.2 Å². The first-order valence-corrected chi connectivity index (χ1v) is 10.6. The van der Waals surface area contributed by atoms with Crippen LogP contribution in [-0.2, 0) is 18.0 Å². The number of pyridine rings is 1. The smallest absolute Gasteiger partial charge is 0.417 e. The van der Waals surface area contributed by atoms with Crippen LogP contribution in [0.5, 0.6) is 5.88 Å². The van der Waals surface area contributed by atoms with Crippen molar-refractivity contribution in [2.45, 2.75) is 26.1 Å². The molecule has 34 heavy (non-hydrogen) atoms. The van der Waals surface area contributed by atoms with Crippen molar-refractivity contribution < 1.29 is 22.7 Å². The van der Waals surface area contributed by atoms with E-state index in [1.54, 1.807) is 18.2 Å². The Morgan fingerprint density at radius 1 is 1.12 bits per heavy atom. The minimum Gasteiger partial charge on any atom is -0.467 e. The third-order valence-corrected chi connectivity index (χ3v) is 5.40. The molecule has 0 saturated heterocycles. The molecule has 6 nitrogen and oxygen atoms in total. The first kappa shape index (κ1) is 23.3. The normalized spacial score (nSPS) is 12.5. The molecule has 0 saturated carbocycles. The number of amides is 1. The summed E-state index contributed by atoms with van der Waals surface area (Å²) in [7, 11) is 1.52. The lowest BCUT2D eigenvalue weighted by Gasteiger charge is -2.15. The molecule has 0 bridgehead atoms. The number of fused-ring (bicyclic) bond motifs is 1. The van der Waals surface area contributed by atoms with Crippen LogP contribution in [0.15, 0.2) is 60.7 Å². The molecule has 1 atom stereocenters. The van der Waals surface area contributed by atoms with E-state index in [1.807, 2.05) is 50.2 Å². The summed E-state index contributed by atoms with van der Waals surface area (Å²) in [5, 5.41) is 6.95. The number of aromatic nitrogens is 3. The minimum absolute atomic E-state index is 0.0133. The van der Waals surface area contributed by atoms with Gasteiger partial charge in [0.05, 0.1) is 17.0 Å². The number of ether oxygens (including phenoxy) is 1. The molecule has 0 unspecified atom stereocenters. The Kier molecular flexibility index (Phi) is 6.28. The average molecular weight is 468 g/mol. The molecule has 4 aromatic rings. The molecule has 0 aliphatic heterocycles. The maximum atomic E-state index is 14.0. The van der Waals surface area contributed by atoms with E-state index in [4.69, 9.17) is 4.74 Å². The number of hydrogen-bond donors (Lipinski definition) is 1. The molecule has 0 aliphatic carbocycles. The molecule has 2 aromatic carbocycles. The Labute approximate surface area is 194 Å². The lowest BCUT2D eigenvalue weighted by molar-refractivity contribution is -0.136. The molecule has 0 aliphatic rings. The Bertz CT molecular complexity index is 1330. The fraction of sp³-hybridized carbons (Fsp3) is 0.240. The lowest BCUT2D eigenvalue weighted by atomic mass is 10.0. The molecule has 2 aromatic heterocycles. The van der Waals surface area contributed by atoms with Crippen LogP contribution >= 0.6 is 0 Å². The SMILES string of the molecule is Cc1cccc(-c2nn(C)c3nc(OCC(=O)N[C@@H](C)c4ccccc4)cc(C(F)(F)F)c23)c1. The Morgan fingerprint density at radius 3 is 2.53 bits per heavy atom. The van der Waals surface area contributed by atoms with E-state index in [-0.39, 0.29) is 28.6 Å². The number of nitrogens with zero attached hydrogens (tertiary/aromatic N) is 3. The number of nitrogens with one attached hydrogen (secondary N) is 1. The third kappa shape index (κ3) is 4.88. The van der Waals surface area contributed by atoms with Crippen molar-refractivity contribution in [1.29, 1.82) is 0 Å². The van der Waals surface area contributed by atoms with E-state index < -0.39 is 24.3 Å². The first-order valence-electron chi connectivity index (χ1n) is 10.6. The van der Waals surface area contributed by atoms with E-state index in [0.717, 1.165) is 17.2 Å². The highest BCUT2D eigenvalue weighted by atomic mass is 19.4. The number of hydrogen-bond acceptors (Lipinski definition) is 4. The molecular weight excluding hydrogens is 445 g/mol. The van der Waals surface area contributed by atoms with Crippen LogP contribution in [0.1, 0.15) is 29.7 Å². The van der Waals surface area contributed by atoms with E-state index in [2.05, 4.69) is 15.4 Å². The predicted octanol–water partition coefficient (Wildman–Crippen LogP) is 5.22. The van der Waals surface area contributed by atoms with Crippen molar-refractivity contribution in [1.82, 2.24) is 20.1 Å². The molecule has 1 N–H and O–H groups in total. The van der Waals surface area contributed by atoms with Gasteiger partial charge in [-0.1, -0.05) is 54.1 Å². The van der Waals surface area contributed by atoms with Gasteiger partial charge in [0.15, 0.2) is 12.3 Å². The Balaban J connectivity index is 1.63. The lowest BCUT2D eigenvalue weighted by Crippen LogP contribution is -2.31. The number of halogens is 3. The van der Waals surface area contributed by atoms with Gasteiger partial charge in [-0.05, 0) is 25.5 Å². The maximum absolute atomic E-state index is 14.0. The summed E-state index contributed by atoms with van der Waals surface area (Å²) in [5.74, 6) is -0.779. The summed E-state index contributed by atoms with van der Waals surface area (Å²) in [5.41, 5.74) is 1.62. The van der Waals surface area contributed by atoms with Gasteiger partial charge in [-0.25, -0.2) is 4.68 Å². The van der Waals surface area contributed by atoms with Gasteiger partial charge in [-0.3, -0.25) is 4.79 Å². The van der Waals surface area contributed by atoms with Crippen molar-refractivity contribution in [3.8, 4) is 17.1 Å². The Hall–Kier alpha value is -3.88. The van der Waals surface area contributed by atoms with E-state index in [1.165, 1.54) is 11.7 Å². The molecule has 1 amide bonds. The number of carbonyl (C=O) groups excluding carboxylic acids is 1. The second-order valence-electron chi connectivity index (χ2n) is 8.03. The zero-order valence-corrected chi connectivity index (χ0v) is 18.8. The fourth-order valence-corrected chi connectivity index (χ4v) is 3.76. The van der Waals surface area contributed by atoms with Gasteiger partial charge in [0.2, 0.25) is 5.88 Å². The molecule has 0 fully saturated rings. The van der Waals surface area contributed by atoms with Crippen LogP contribution < -0.4 is 10.1 Å². The summed E-state index contributed by atoms with van der Waals surface area (Å²) in [6, 6.07) is 16.9. The highest BCUT2D eigenvalue weighted by Gasteiger charge is 2.36. The monoisotopic (exact) mass is 468 g/mol. The summed E-state index contributed by atoms with van der Waals surface area (Å²) >= 11 is 0. The predicted molar refractivity (Wildman–Crippen MR) is 122 cm³/mol. The summed E-state index contributed by atoms with van der Waals surface area (Å²) < 4.78 is 48.8. The largest absolute Gasteiger partial charge is 0.467 e. The van der Waals surface area contributed by atoms with Crippen LogP contribution in [0.3, 0.4) is 0 Å². The number of benzene rings is 2.